The van der Waals surface area contributed by atoms with Crippen molar-refractivity contribution in [3.8, 4) is 0 Å². The van der Waals surface area contributed by atoms with Gasteiger partial charge in [0, 0.05) is 28.6 Å². The molecule has 1 aliphatic heterocycles. The number of benzene rings is 1. The van der Waals surface area contributed by atoms with E-state index in [9.17, 15) is 9.59 Å². The number of fused-ring (bicyclic) bond motifs is 1. The summed E-state index contributed by atoms with van der Waals surface area (Å²) in [6.45, 7) is 0.496. The fourth-order valence-corrected chi connectivity index (χ4v) is 3.76. The molecule has 0 saturated carbocycles. The summed E-state index contributed by atoms with van der Waals surface area (Å²) < 4.78 is 1.13. The van der Waals surface area contributed by atoms with Crippen molar-refractivity contribution in [1.29, 1.82) is 0 Å². The van der Waals surface area contributed by atoms with Crippen LogP contribution < -0.4 is 5.32 Å². The molecule has 1 atom stereocenters. The largest absolute Gasteiger partial charge is 0.300 e. The molecule has 2 heterocycles. The van der Waals surface area contributed by atoms with Gasteiger partial charge in [0.1, 0.15) is 0 Å². The number of amides is 2. The van der Waals surface area contributed by atoms with Gasteiger partial charge in [0.25, 0.3) is 0 Å². The normalized spacial score (nSPS) is 19.3. The Balaban J connectivity index is 1.76. The summed E-state index contributed by atoms with van der Waals surface area (Å²) in [6.07, 6.45) is 0.220. The van der Waals surface area contributed by atoms with Crippen molar-refractivity contribution in [2.75, 3.05) is 7.05 Å². The van der Waals surface area contributed by atoms with Crippen molar-refractivity contribution in [2.24, 2.45) is 0 Å². The number of hydrogen-bond acceptors (Lipinski definition) is 4. The highest BCUT2D eigenvalue weighted by molar-refractivity contribution is 7.19. The molecule has 0 bridgehead atoms. The summed E-state index contributed by atoms with van der Waals surface area (Å²) in [7, 11) is 1.51. The van der Waals surface area contributed by atoms with Gasteiger partial charge in [-0.15, -0.1) is 11.3 Å². The summed E-state index contributed by atoms with van der Waals surface area (Å²) in [5.41, 5.74) is 0. The first kappa shape index (κ1) is 13.5. The summed E-state index contributed by atoms with van der Waals surface area (Å²) >= 11 is 7.95. The van der Waals surface area contributed by atoms with Crippen LogP contribution in [-0.2, 0) is 16.1 Å². The molecule has 1 unspecified atom stereocenters. The van der Waals surface area contributed by atoms with Gasteiger partial charge in [-0.1, -0.05) is 29.8 Å². The first-order valence-electron chi connectivity index (χ1n) is 6.27. The Kier molecular flexibility index (Phi) is 3.50. The highest BCUT2D eigenvalue weighted by Crippen LogP contribution is 2.35. The van der Waals surface area contributed by atoms with Crippen LogP contribution in [0.2, 0.25) is 5.02 Å². The van der Waals surface area contributed by atoms with Gasteiger partial charge in [-0.2, -0.15) is 0 Å². The maximum Gasteiger partial charge on any atom is 0.246 e. The molecule has 1 aromatic carbocycles. The smallest absolute Gasteiger partial charge is 0.246 e. The van der Waals surface area contributed by atoms with Crippen molar-refractivity contribution < 1.29 is 9.59 Å². The maximum absolute atomic E-state index is 11.8. The molecule has 2 aromatic rings. The molecule has 0 aliphatic carbocycles. The van der Waals surface area contributed by atoms with E-state index >= 15 is 0 Å². The monoisotopic (exact) mass is 308 g/mol. The predicted octanol–water partition coefficient (Wildman–Crippen LogP) is 2.40. The van der Waals surface area contributed by atoms with Crippen molar-refractivity contribution in [2.45, 2.75) is 19.0 Å². The summed E-state index contributed by atoms with van der Waals surface area (Å²) in [5, 5.41) is 4.88. The Labute approximate surface area is 125 Å². The quantitative estimate of drug-likeness (QED) is 0.886. The topological polar surface area (TPSA) is 49.4 Å². The number of carbonyl (C=O) groups is 2. The molecule has 2 amide bonds. The van der Waals surface area contributed by atoms with E-state index < -0.39 is 6.04 Å². The molecule has 3 rings (SSSR count). The molecule has 0 radical (unpaired) electrons. The van der Waals surface area contributed by atoms with Gasteiger partial charge in [-0.3, -0.25) is 14.5 Å². The average Bonchev–Trinajstić information content (AvgIpc) is 2.90. The van der Waals surface area contributed by atoms with Gasteiger partial charge >= 0.3 is 0 Å². The number of likely N-dealkylation sites (N-methyl/N-ethyl adjacent to an activating group) is 1. The summed E-state index contributed by atoms with van der Waals surface area (Å²) in [4.78, 5) is 25.4. The average molecular weight is 309 g/mol. The highest BCUT2D eigenvalue weighted by atomic mass is 35.5. The second-order valence-electron chi connectivity index (χ2n) is 4.76. The van der Waals surface area contributed by atoms with E-state index in [0.717, 1.165) is 20.0 Å². The summed E-state index contributed by atoms with van der Waals surface area (Å²) in [6, 6.07) is 7.49. The van der Waals surface area contributed by atoms with Crippen LogP contribution in [0.15, 0.2) is 24.3 Å². The van der Waals surface area contributed by atoms with E-state index in [0.29, 0.717) is 6.54 Å². The van der Waals surface area contributed by atoms with Crippen LogP contribution in [0.25, 0.3) is 10.1 Å². The molecule has 1 N–H and O–H groups in total. The van der Waals surface area contributed by atoms with Crippen LogP contribution in [-0.4, -0.2) is 29.8 Å². The van der Waals surface area contributed by atoms with Gasteiger partial charge in [-0.05, 0) is 6.07 Å². The molecular formula is C14H13ClN2O2S. The predicted molar refractivity (Wildman–Crippen MR) is 79.9 cm³/mol. The molecule has 0 spiro atoms. The third-order valence-corrected chi connectivity index (χ3v) is 5.21. The number of nitrogens with zero attached hydrogens (tertiary/aromatic N) is 1. The number of carbonyl (C=O) groups excluding carboxylic acids is 2. The molecule has 20 heavy (non-hydrogen) atoms. The van der Waals surface area contributed by atoms with Crippen molar-refractivity contribution in [3.63, 3.8) is 0 Å². The number of imide groups is 1. The van der Waals surface area contributed by atoms with Crippen LogP contribution in [0.1, 0.15) is 11.3 Å². The first-order chi connectivity index (χ1) is 9.58. The van der Waals surface area contributed by atoms with Crippen LogP contribution in [0.4, 0.5) is 0 Å². The minimum Gasteiger partial charge on any atom is -0.300 e. The SMILES string of the molecule is CN1C(=O)CC(NCc2sc3ccccc3c2Cl)C1=O. The van der Waals surface area contributed by atoms with Crippen molar-refractivity contribution in [3.05, 3.63) is 34.2 Å². The highest BCUT2D eigenvalue weighted by Gasteiger charge is 2.35. The molecule has 1 aromatic heterocycles. The minimum absolute atomic E-state index is 0.144. The van der Waals surface area contributed by atoms with E-state index in [1.165, 1.54) is 11.9 Å². The first-order valence-corrected chi connectivity index (χ1v) is 7.47. The van der Waals surface area contributed by atoms with Crippen LogP contribution in [0.5, 0.6) is 0 Å². The number of hydrogen-bond donors (Lipinski definition) is 1. The van der Waals surface area contributed by atoms with Crippen molar-refractivity contribution in [1.82, 2.24) is 10.2 Å². The van der Waals surface area contributed by atoms with E-state index in [1.54, 1.807) is 11.3 Å². The van der Waals surface area contributed by atoms with Gasteiger partial charge in [0.2, 0.25) is 11.8 Å². The Hall–Kier alpha value is -1.43. The van der Waals surface area contributed by atoms with E-state index in [-0.39, 0.29) is 18.2 Å². The lowest BCUT2D eigenvalue weighted by atomic mass is 10.2. The van der Waals surface area contributed by atoms with Gasteiger partial charge in [0.05, 0.1) is 17.5 Å². The van der Waals surface area contributed by atoms with E-state index in [1.807, 2.05) is 24.3 Å². The van der Waals surface area contributed by atoms with Gasteiger partial charge < -0.3 is 5.32 Å². The fraction of sp³-hybridized carbons (Fsp3) is 0.286. The Morgan fingerprint density at radius 2 is 2.15 bits per heavy atom. The van der Waals surface area contributed by atoms with Crippen LogP contribution >= 0.6 is 22.9 Å². The Morgan fingerprint density at radius 3 is 2.80 bits per heavy atom. The number of halogens is 1. The minimum atomic E-state index is -0.436. The lowest BCUT2D eigenvalue weighted by Gasteiger charge is -2.10. The zero-order chi connectivity index (χ0) is 14.3. The van der Waals surface area contributed by atoms with E-state index in [2.05, 4.69) is 5.32 Å². The molecular weight excluding hydrogens is 296 g/mol. The van der Waals surface area contributed by atoms with Crippen LogP contribution in [0, 0.1) is 0 Å². The zero-order valence-electron chi connectivity index (χ0n) is 10.9. The molecule has 4 nitrogen and oxygen atoms in total. The number of nitrogens with one attached hydrogen (secondary N) is 1. The molecule has 104 valence electrons. The second kappa shape index (κ2) is 5.16. The third kappa shape index (κ3) is 2.22. The van der Waals surface area contributed by atoms with Gasteiger partial charge in [0.15, 0.2) is 0 Å². The molecule has 6 heteroatoms. The van der Waals surface area contributed by atoms with Gasteiger partial charge in [-0.25, -0.2) is 0 Å². The third-order valence-electron chi connectivity index (χ3n) is 3.49. The molecule has 1 aliphatic rings. The molecule has 1 saturated heterocycles. The van der Waals surface area contributed by atoms with Crippen LogP contribution in [0.3, 0.4) is 0 Å². The number of thiophene rings is 1. The lowest BCUT2D eigenvalue weighted by Crippen LogP contribution is -2.36. The van der Waals surface area contributed by atoms with E-state index in [4.69, 9.17) is 11.6 Å². The standard InChI is InChI=1S/C14H13ClN2O2S/c1-17-12(18)6-9(14(17)19)16-7-11-13(15)8-4-2-3-5-10(8)20-11/h2-5,9,16H,6-7H2,1H3. The van der Waals surface area contributed by atoms with Crippen molar-refractivity contribution >= 4 is 44.8 Å². The second-order valence-corrected chi connectivity index (χ2v) is 6.28. The molecule has 1 fully saturated rings. The number of likely N-dealkylation sites (tertiary alicyclic amines) is 1. The fourth-order valence-electron chi connectivity index (χ4n) is 2.31. The maximum atomic E-state index is 11.8. The number of rotatable bonds is 3. The Morgan fingerprint density at radius 1 is 1.40 bits per heavy atom. The zero-order valence-corrected chi connectivity index (χ0v) is 12.4. The summed E-state index contributed by atoms with van der Waals surface area (Å²) in [5.74, 6) is -0.317. The Bertz CT molecular complexity index is 698. The lowest BCUT2D eigenvalue weighted by molar-refractivity contribution is -0.137.